The average Bonchev–Trinajstić information content (AvgIpc) is 3.10. The molecule has 0 unspecified atom stereocenters. The van der Waals surface area contributed by atoms with Gasteiger partial charge in [0.1, 0.15) is 5.82 Å². The van der Waals surface area contributed by atoms with Crippen molar-refractivity contribution in [1.29, 1.82) is 0 Å². The zero-order valence-corrected chi connectivity index (χ0v) is 15.3. The first-order valence-corrected chi connectivity index (χ1v) is 10.0. The van der Waals surface area contributed by atoms with Crippen LogP contribution in [0.2, 0.25) is 0 Å². The van der Waals surface area contributed by atoms with E-state index >= 15 is 0 Å². The van der Waals surface area contributed by atoms with Gasteiger partial charge in [-0.15, -0.1) is 0 Å². The number of sulfonamides is 1. The van der Waals surface area contributed by atoms with Crippen molar-refractivity contribution in [3.8, 4) is 0 Å². The Balaban J connectivity index is 1.79. The molecule has 0 spiro atoms. The fraction of sp³-hybridized carbons (Fsp3) is 0.316. The van der Waals surface area contributed by atoms with Crippen LogP contribution < -0.4 is 10.0 Å². The van der Waals surface area contributed by atoms with Crippen LogP contribution >= 0.6 is 0 Å². The molecule has 5 nitrogen and oxygen atoms in total. The topological polar surface area (TPSA) is 75.3 Å². The number of halogens is 1. The van der Waals surface area contributed by atoms with Gasteiger partial charge in [0.25, 0.3) is 5.91 Å². The number of rotatable bonds is 5. The minimum absolute atomic E-state index is 0.0294. The van der Waals surface area contributed by atoms with Gasteiger partial charge in [-0.2, -0.15) is 0 Å². The third-order valence-corrected chi connectivity index (χ3v) is 5.97. The average molecular weight is 376 g/mol. The van der Waals surface area contributed by atoms with Crippen molar-refractivity contribution in [2.45, 2.75) is 43.5 Å². The summed E-state index contributed by atoms with van der Waals surface area (Å²) in [5, 5.41) is 2.49. The number of anilines is 1. The first kappa shape index (κ1) is 18.5. The minimum Gasteiger partial charge on any atom is -0.319 e. The van der Waals surface area contributed by atoms with Crippen molar-refractivity contribution < 1.29 is 17.6 Å². The second-order valence-electron chi connectivity index (χ2n) is 6.57. The van der Waals surface area contributed by atoms with Crippen molar-refractivity contribution in [3.05, 3.63) is 59.4 Å². The standard InChI is InChI=1S/C19H21FN2O3S/c1-13-9-10-17(20)18(11-13)21-19(23)14-5-4-8-16(12-14)26(24,25)22-15-6-2-3-7-15/h4-5,8-12,15,22H,2-3,6-7H2,1H3,(H,21,23). The smallest absolute Gasteiger partial charge is 0.255 e. The number of carbonyl (C=O) groups is 1. The number of amides is 1. The van der Waals surface area contributed by atoms with Crippen LogP contribution in [-0.2, 0) is 10.0 Å². The summed E-state index contributed by atoms with van der Waals surface area (Å²) in [4.78, 5) is 12.4. The van der Waals surface area contributed by atoms with E-state index in [1.807, 2.05) is 0 Å². The maximum absolute atomic E-state index is 13.8. The van der Waals surface area contributed by atoms with E-state index in [1.165, 1.54) is 36.4 Å². The van der Waals surface area contributed by atoms with Gasteiger partial charge in [0.05, 0.1) is 10.6 Å². The van der Waals surface area contributed by atoms with Crippen LogP contribution in [-0.4, -0.2) is 20.4 Å². The van der Waals surface area contributed by atoms with E-state index < -0.39 is 21.7 Å². The van der Waals surface area contributed by atoms with Crippen LogP contribution in [0.1, 0.15) is 41.6 Å². The zero-order chi connectivity index (χ0) is 18.7. The summed E-state index contributed by atoms with van der Waals surface area (Å²) in [6.45, 7) is 1.79. The van der Waals surface area contributed by atoms with Gasteiger partial charge in [-0.25, -0.2) is 17.5 Å². The highest BCUT2D eigenvalue weighted by atomic mass is 32.2. The fourth-order valence-corrected chi connectivity index (χ4v) is 4.42. The number of hydrogen-bond donors (Lipinski definition) is 2. The molecule has 1 saturated carbocycles. The number of carbonyl (C=O) groups excluding carboxylic acids is 1. The molecule has 1 aliphatic carbocycles. The molecule has 26 heavy (non-hydrogen) atoms. The molecule has 0 heterocycles. The first-order valence-electron chi connectivity index (χ1n) is 8.55. The summed E-state index contributed by atoms with van der Waals surface area (Å²) in [6, 6.07) is 10.1. The van der Waals surface area contributed by atoms with Gasteiger partial charge in [0.15, 0.2) is 0 Å². The second-order valence-corrected chi connectivity index (χ2v) is 8.28. The maximum Gasteiger partial charge on any atom is 0.255 e. The molecular weight excluding hydrogens is 355 g/mol. The van der Waals surface area contributed by atoms with Gasteiger partial charge < -0.3 is 5.32 Å². The lowest BCUT2D eigenvalue weighted by molar-refractivity contribution is 0.102. The molecule has 7 heteroatoms. The van der Waals surface area contributed by atoms with Crippen LogP contribution in [0.25, 0.3) is 0 Å². The van der Waals surface area contributed by atoms with E-state index in [0.717, 1.165) is 31.2 Å². The van der Waals surface area contributed by atoms with Gasteiger partial charge in [-0.1, -0.05) is 25.0 Å². The molecular formula is C19H21FN2O3S. The predicted molar refractivity (Wildman–Crippen MR) is 98.1 cm³/mol. The molecule has 1 amide bonds. The lowest BCUT2D eigenvalue weighted by Gasteiger charge is -2.13. The molecule has 2 aromatic rings. The van der Waals surface area contributed by atoms with Gasteiger partial charge in [0.2, 0.25) is 10.0 Å². The molecule has 2 N–H and O–H groups in total. The Morgan fingerprint density at radius 3 is 2.58 bits per heavy atom. The molecule has 1 fully saturated rings. The SMILES string of the molecule is Cc1ccc(F)c(NC(=O)c2cccc(S(=O)(=O)NC3CCCC3)c2)c1. The first-order chi connectivity index (χ1) is 12.3. The van der Waals surface area contributed by atoms with Crippen LogP contribution in [0, 0.1) is 12.7 Å². The maximum atomic E-state index is 13.8. The normalized spacial score (nSPS) is 15.2. The Labute approximate surface area is 152 Å². The molecule has 0 aromatic heterocycles. The summed E-state index contributed by atoms with van der Waals surface area (Å²) < 4.78 is 41.5. The van der Waals surface area contributed by atoms with Gasteiger partial charge in [0, 0.05) is 11.6 Å². The number of aryl methyl sites for hydroxylation is 1. The molecule has 0 aliphatic heterocycles. The summed E-state index contributed by atoms with van der Waals surface area (Å²) >= 11 is 0. The van der Waals surface area contributed by atoms with E-state index in [0.29, 0.717) is 0 Å². The van der Waals surface area contributed by atoms with E-state index in [4.69, 9.17) is 0 Å². The van der Waals surface area contributed by atoms with Crippen molar-refractivity contribution in [2.75, 3.05) is 5.32 Å². The quantitative estimate of drug-likeness (QED) is 0.837. The molecule has 3 rings (SSSR count). The summed E-state index contributed by atoms with van der Waals surface area (Å²) in [7, 11) is -3.69. The Bertz CT molecular complexity index is 922. The number of hydrogen-bond acceptors (Lipinski definition) is 3. The predicted octanol–water partition coefficient (Wildman–Crippen LogP) is 3.61. The monoisotopic (exact) mass is 376 g/mol. The largest absolute Gasteiger partial charge is 0.319 e. The van der Waals surface area contributed by atoms with Crippen LogP contribution in [0.5, 0.6) is 0 Å². The lowest BCUT2D eigenvalue weighted by atomic mass is 10.2. The summed E-state index contributed by atoms with van der Waals surface area (Å²) in [5.74, 6) is -1.11. The Hall–Kier alpha value is -2.25. The van der Waals surface area contributed by atoms with Crippen molar-refractivity contribution >= 4 is 21.6 Å². The highest BCUT2D eigenvalue weighted by Gasteiger charge is 2.23. The third kappa shape index (κ3) is 4.28. The Morgan fingerprint density at radius 2 is 1.85 bits per heavy atom. The van der Waals surface area contributed by atoms with E-state index in [1.54, 1.807) is 13.0 Å². The van der Waals surface area contributed by atoms with Gasteiger partial charge in [-0.05, 0) is 55.7 Å². The molecule has 0 radical (unpaired) electrons. The molecule has 0 bridgehead atoms. The van der Waals surface area contributed by atoms with Crippen LogP contribution in [0.3, 0.4) is 0 Å². The van der Waals surface area contributed by atoms with Gasteiger partial charge in [-0.3, -0.25) is 4.79 Å². The van der Waals surface area contributed by atoms with Crippen molar-refractivity contribution in [1.82, 2.24) is 4.72 Å². The summed E-state index contributed by atoms with van der Waals surface area (Å²) in [6.07, 6.45) is 3.67. The highest BCUT2D eigenvalue weighted by molar-refractivity contribution is 7.89. The molecule has 1 aliphatic rings. The highest BCUT2D eigenvalue weighted by Crippen LogP contribution is 2.21. The Morgan fingerprint density at radius 1 is 1.12 bits per heavy atom. The fourth-order valence-electron chi connectivity index (χ4n) is 3.07. The molecule has 2 aromatic carbocycles. The Kier molecular flexibility index (Phi) is 5.38. The number of nitrogens with one attached hydrogen (secondary N) is 2. The van der Waals surface area contributed by atoms with E-state index in [2.05, 4.69) is 10.0 Å². The lowest BCUT2D eigenvalue weighted by Crippen LogP contribution is -2.32. The van der Waals surface area contributed by atoms with Crippen molar-refractivity contribution in [3.63, 3.8) is 0 Å². The molecule has 0 saturated heterocycles. The van der Waals surface area contributed by atoms with E-state index in [9.17, 15) is 17.6 Å². The van der Waals surface area contributed by atoms with Crippen molar-refractivity contribution in [2.24, 2.45) is 0 Å². The molecule has 138 valence electrons. The number of benzene rings is 2. The third-order valence-electron chi connectivity index (χ3n) is 4.45. The van der Waals surface area contributed by atoms with Crippen LogP contribution in [0.15, 0.2) is 47.4 Å². The minimum atomic E-state index is -3.69. The van der Waals surface area contributed by atoms with Gasteiger partial charge >= 0.3 is 0 Å². The zero-order valence-electron chi connectivity index (χ0n) is 14.5. The second kappa shape index (κ2) is 7.55. The van der Waals surface area contributed by atoms with E-state index in [-0.39, 0.29) is 22.2 Å². The molecule has 0 atom stereocenters. The van der Waals surface area contributed by atoms with Crippen LogP contribution in [0.4, 0.5) is 10.1 Å². The summed E-state index contributed by atoms with van der Waals surface area (Å²) in [5.41, 5.74) is 1.02.